The average molecular weight is 364 g/mol. The van der Waals surface area contributed by atoms with E-state index in [4.69, 9.17) is 0 Å². The van der Waals surface area contributed by atoms with Crippen molar-refractivity contribution in [3.63, 3.8) is 0 Å². The van der Waals surface area contributed by atoms with Gasteiger partial charge in [-0.05, 0) is 24.6 Å². The van der Waals surface area contributed by atoms with Crippen LogP contribution in [0.3, 0.4) is 0 Å². The summed E-state index contributed by atoms with van der Waals surface area (Å²) in [6.07, 6.45) is 1.70. The van der Waals surface area contributed by atoms with Crippen LogP contribution < -0.4 is 16.2 Å². The summed E-state index contributed by atoms with van der Waals surface area (Å²) in [5.41, 5.74) is 7.39. The van der Waals surface area contributed by atoms with Crippen molar-refractivity contribution in [2.24, 2.45) is 7.05 Å². The molecule has 7 heteroatoms. The third-order valence-electron chi connectivity index (χ3n) is 4.26. The van der Waals surface area contributed by atoms with Gasteiger partial charge >= 0.3 is 0 Å². The Morgan fingerprint density at radius 1 is 0.889 bits per heavy atom. The van der Waals surface area contributed by atoms with Crippen LogP contribution >= 0.6 is 0 Å². The number of hydrazine groups is 1. The van der Waals surface area contributed by atoms with Crippen molar-refractivity contribution in [1.82, 2.24) is 20.7 Å². The van der Waals surface area contributed by atoms with Gasteiger partial charge in [-0.25, -0.2) is 0 Å². The predicted molar refractivity (Wildman–Crippen MR) is 102 cm³/mol. The molecule has 0 aliphatic rings. The van der Waals surface area contributed by atoms with Crippen LogP contribution in [0.5, 0.6) is 0 Å². The van der Waals surface area contributed by atoms with Gasteiger partial charge in [0, 0.05) is 29.7 Å². The van der Waals surface area contributed by atoms with Crippen molar-refractivity contribution in [1.29, 1.82) is 0 Å². The van der Waals surface area contributed by atoms with Crippen LogP contribution in [0.25, 0.3) is 10.9 Å². The maximum atomic E-state index is 12.4. The number of hydrogen-bond acceptors (Lipinski definition) is 3. The Kier molecular flexibility index (Phi) is 5.21. The van der Waals surface area contributed by atoms with Gasteiger partial charge in [-0.15, -0.1) is 0 Å². The molecule has 0 saturated heterocycles. The van der Waals surface area contributed by atoms with Gasteiger partial charge in [0.2, 0.25) is 0 Å². The summed E-state index contributed by atoms with van der Waals surface area (Å²) in [5, 5.41) is 3.32. The molecule has 7 nitrogen and oxygen atoms in total. The van der Waals surface area contributed by atoms with Gasteiger partial charge in [0.05, 0.1) is 12.1 Å². The number of para-hydroxylation sites is 1. The van der Waals surface area contributed by atoms with Crippen molar-refractivity contribution >= 4 is 28.6 Å². The van der Waals surface area contributed by atoms with Crippen molar-refractivity contribution in [2.45, 2.75) is 6.92 Å². The molecule has 1 heterocycles. The average Bonchev–Trinajstić information content (AvgIpc) is 3.01. The molecule has 0 radical (unpaired) electrons. The van der Waals surface area contributed by atoms with E-state index in [2.05, 4.69) is 16.2 Å². The molecule has 138 valence electrons. The topological polar surface area (TPSA) is 92.2 Å². The number of amides is 3. The summed E-state index contributed by atoms with van der Waals surface area (Å²) in [5.74, 6) is -1.29. The molecule has 27 heavy (non-hydrogen) atoms. The number of aromatic nitrogens is 1. The molecule has 0 spiro atoms. The summed E-state index contributed by atoms with van der Waals surface area (Å²) in [6.45, 7) is 1.57. The van der Waals surface area contributed by atoms with Gasteiger partial charge in [0.25, 0.3) is 17.7 Å². The van der Waals surface area contributed by atoms with E-state index in [9.17, 15) is 14.4 Å². The number of benzene rings is 2. The number of fused-ring (bicyclic) bond motifs is 1. The lowest BCUT2D eigenvalue weighted by Crippen LogP contribution is -2.46. The largest absolute Gasteiger partial charge is 0.350 e. The molecule has 3 aromatic rings. The first-order valence-electron chi connectivity index (χ1n) is 8.44. The zero-order chi connectivity index (χ0) is 19.4. The van der Waals surface area contributed by atoms with Crippen LogP contribution in [0, 0.1) is 6.92 Å². The standard InChI is InChI=1S/C20H20N4O3/c1-13-7-3-4-8-14(13)19(26)21-11-18(25)22-23-20(27)16-12-24(2)17-10-6-5-9-15(16)17/h3-10,12H,11H2,1-2H3,(H,21,26)(H,22,25)(H,23,27). The van der Waals surface area contributed by atoms with Gasteiger partial charge < -0.3 is 9.88 Å². The number of carbonyl (C=O) groups excluding carboxylic acids is 3. The summed E-state index contributed by atoms with van der Waals surface area (Å²) in [7, 11) is 1.85. The fourth-order valence-corrected chi connectivity index (χ4v) is 2.84. The Balaban J connectivity index is 1.55. The molecule has 3 rings (SSSR count). The molecule has 0 unspecified atom stereocenters. The van der Waals surface area contributed by atoms with Crippen LogP contribution in [0.2, 0.25) is 0 Å². The van der Waals surface area contributed by atoms with Gasteiger partial charge in [-0.1, -0.05) is 36.4 Å². The maximum absolute atomic E-state index is 12.4. The second-order valence-electron chi connectivity index (χ2n) is 6.17. The highest BCUT2D eigenvalue weighted by atomic mass is 16.2. The normalized spacial score (nSPS) is 10.4. The summed E-state index contributed by atoms with van der Waals surface area (Å²) >= 11 is 0. The number of nitrogens with one attached hydrogen (secondary N) is 3. The zero-order valence-corrected chi connectivity index (χ0v) is 15.1. The van der Waals surface area contributed by atoms with E-state index >= 15 is 0 Å². The Morgan fingerprint density at radius 2 is 1.59 bits per heavy atom. The Bertz CT molecular complexity index is 1020. The van der Waals surface area contributed by atoms with E-state index in [0.29, 0.717) is 11.1 Å². The smallest absolute Gasteiger partial charge is 0.271 e. The van der Waals surface area contributed by atoms with E-state index in [-0.39, 0.29) is 12.5 Å². The molecule has 0 bridgehead atoms. The number of nitrogens with zero attached hydrogens (tertiary/aromatic N) is 1. The van der Waals surface area contributed by atoms with Crippen molar-refractivity contribution < 1.29 is 14.4 Å². The van der Waals surface area contributed by atoms with Crippen LogP contribution in [0.4, 0.5) is 0 Å². The van der Waals surface area contributed by atoms with Crippen molar-refractivity contribution in [3.05, 3.63) is 71.4 Å². The van der Waals surface area contributed by atoms with Crippen LogP contribution in [0.1, 0.15) is 26.3 Å². The fraction of sp³-hybridized carbons (Fsp3) is 0.150. The van der Waals surface area contributed by atoms with E-state index in [0.717, 1.165) is 16.5 Å². The highest BCUT2D eigenvalue weighted by molar-refractivity contribution is 6.07. The molecule has 2 aromatic carbocycles. The predicted octanol–water partition coefficient (Wildman–Crippen LogP) is 1.68. The molecule has 0 aliphatic heterocycles. The van der Waals surface area contributed by atoms with Crippen LogP contribution in [-0.4, -0.2) is 28.8 Å². The molecule has 0 saturated carbocycles. The molecule has 0 fully saturated rings. The van der Waals surface area contributed by atoms with Crippen molar-refractivity contribution in [2.75, 3.05) is 6.54 Å². The highest BCUT2D eigenvalue weighted by Crippen LogP contribution is 2.19. The first kappa shape index (κ1) is 18.2. The Morgan fingerprint density at radius 3 is 2.37 bits per heavy atom. The number of rotatable bonds is 4. The van der Waals surface area contributed by atoms with Gasteiger partial charge in [0.15, 0.2) is 0 Å². The summed E-state index contributed by atoms with van der Waals surface area (Å²) < 4.78 is 1.84. The minimum atomic E-state index is -0.523. The third-order valence-corrected chi connectivity index (χ3v) is 4.26. The highest BCUT2D eigenvalue weighted by Gasteiger charge is 2.15. The first-order valence-corrected chi connectivity index (χ1v) is 8.44. The lowest BCUT2D eigenvalue weighted by atomic mass is 10.1. The minimum absolute atomic E-state index is 0.247. The van der Waals surface area contributed by atoms with Gasteiger partial charge in [-0.3, -0.25) is 25.2 Å². The second kappa shape index (κ2) is 7.74. The van der Waals surface area contributed by atoms with E-state index < -0.39 is 11.8 Å². The number of aryl methyl sites for hydroxylation is 2. The summed E-state index contributed by atoms with van der Waals surface area (Å²) in [6, 6.07) is 14.6. The second-order valence-corrected chi connectivity index (χ2v) is 6.17. The Hall–Kier alpha value is -3.61. The summed E-state index contributed by atoms with van der Waals surface area (Å²) in [4.78, 5) is 36.4. The SMILES string of the molecule is Cc1ccccc1C(=O)NCC(=O)NNC(=O)c1cn(C)c2ccccc12. The monoisotopic (exact) mass is 364 g/mol. The maximum Gasteiger partial charge on any atom is 0.271 e. The van der Waals surface area contributed by atoms with E-state index in [1.54, 1.807) is 18.3 Å². The molecular formula is C20H20N4O3. The molecule has 3 N–H and O–H groups in total. The first-order chi connectivity index (χ1) is 13.0. The van der Waals surface area contributed by atoms with Crippen LogP contribution in [0.15, 0.2) is 54.7 Å². The number of hydrogen-bond donors (Lipinski definition) is 3. The Labute approximate surface area is 156 Å². The number of carbonyl (C=O) groups is 3. The van der Waals surface area contributed by atoms with Gasteiger partial charge in [0.1, 0.15) is 0 Å². The minimum Gasteiger partial charge on any atom is -0.350 e. The van der Waals surface area contributed by atoms with E-state index in [1.165, 1.54) is 0 Å². The fourth-order valence-electron chi connectivity index (χ4n) is 2.84. The van der Waals surface area contributed by atoms with Gasteiger partial charge in [-0.2, -0.15) is 0 Å². The zero-order valence-electron chi connectivity index (χ0n) is 15.1. The molecular weight excluding hydrogens is 344 g/mol. The molecule has 3 amide bonds. The lowest BCUT2D eigenvalue weighted by Gasteiger charge is -2.09. The quantitative estimate of drug-likeness (QED) is 0.615. The molecule has 1 aromatic heterocycles. The van der Waals surface area contributed by atoms with Crippen molar-refractivity contribution in [3.8, 4) is 0 Å². The third kappa shape index (κ3) is 3.98. The lowest BCUT2D eigenvalue weighted by molar-refractivity contribution is -0.120. The van der Waals surface area contributed by atoms with Crippen LogP contribution in [-0.2, 0) is 11.8 Å². The molecule has 0 atom stereocenters. The molecule has 0 aliphatic carbocycles. The van der Waals surface area contributed by atoms with E-state index in [1.807, 2.05) is 54.9 Å².